The smallest absolute Gasteiger partial charge is 0.219 e. The van der Waals surface area contributed by atoms with Crippen molar-refractivity contribution in [3.05, 3.63) is 42.2 Å². The largest absolute Gasteiger partial charge is 0.409 e. The van der Waals surface area contributed by atoms with Gasteiger partial charge in [-0.2, -0.15) is 0 Å². The van der Waals surface area contributed by atoms with Crippen molar-refractivity contribution in [1.29, 1.82) is 0 Å². The average molecular weight is 285 g/mol. The molecule has 0 radical (unpaired) electrons. The van der Waals surface area contributed by atoms with E-state index in [-0.39, 0.29) is 23.6 Å². The van der Waals surface area contributed by atoms with Crippen molar-refractivity contribution in [2.24, 2.45) is 16.8 Å². The summed E-state index contributed by atoms with van der Waals surface area (Å²) in [5.41, 5.74) is 14.1. The molecule has 0 saturated heterocycles. The number of nitrogen functional groups attached to an aromatic ring is 1. The van der Waals surface area contributed by atoms with Gasteiger partial charge < -0.3 is 16.7 Å². The zero-order valence-electron chi connectivity index (χ0n) is 12.1. The van der Waals surface area contributed by atoms with Crippen LogP contribution in [0.1, 0.15) is 25.3 Å². The first-order chi connectivity index (χ1) is 10.0. The van der Waals surface area contributed by atoms with E-state index in [0.29, 0.717) is 0 Å². The number of hydrogen-bond donors (Lipinski definition) is 3. The van der Waals surface area contributed by atoms with Crippen LogP contribution in [0, 0.1) is 5.92 Å². The minimum absolute atomic E-state index is 0.119. The van der Waals surface area contributed by atoms with Crippen LogP contribution in [0.4, 0.5) is 5.95 Å². The predicted molar refractivity (Wildman–Crippen MR) is 82.9 cm³/mol. The molecule has 2 rings (SSSR count). The van der Waals surface area contributed by atoms with Crippen molar-refractivity contribution < 1.29 is 5.21 Å². The molecule has 0 fully saturated rings. The normalized spacial score (nSPS) is 13.4. The molecule has 21 heavy (non-hydrogen) atoms. The molecule has 1 unspecified atom stereocenters. The second-order valence-corrected chi connectivity index (χ2v) is 5.20. The maximum atomic E-state index is 8.91. The summed E-state index contributed by atoms with van der Waals surface area (Å²) in [6, 6.07) is 7.86. The molecule has 2 aromatic rings. The van der Waals surface area contributed by atoms with E-state index in [2.05, 4.69) is 15.1 Å². The van der Waals surface area contributed by atoms with E-state index < -0.39 is 0 Å². The number of amidine groups is 1. The molecule has 5 N–H and O–H groups in total. The van der Waals surface area contributed by atoms with E-state index in [1.165, 1.54) is 0 Å². The maximum Gasteiger partial charge on any atom is 0.219 e. The molecule has 6 nitrogen and oxygen atoms in total. The van der Waals surface area contributed by atoms with Crippen molar-refractivity contribution in [3.8, 4) is 11.1 Å². The van der Waals surface area contributed by atoms with Crippen molar-refractivity contribution >= 4 is 11.8 Å². The van der Waals surface area contributed by atoms with Gasteiger partial charge in [0.25, 0.3) is 0 Å². The van der Waals surface area contributed by atoms with Gasteiger partial charge in [0.1, 0.15) is 5.84 Å². The molecule has 1 heterocycles. The lowest BCUT2D eigenvalue weighted by Gasteiger charge is -2.20. The van der Waals surface area contributed by atoms with E-state index in [9.17, 15) is 0 Å². The van der Waals surface area contributed by atoms with Crippen molar-refractivity contribution in [2.45, 2.75) is 19.8 Å². The molecule has 110 valence electrons. The van der Waals surface area contributed by atoms with Gasteiger partial charge in [0.2, 0.25) is 5.95 Å². The Balaban J connectivity index is 2.31. The Morgan fingerprint density at radius 3 is 2.14 bits per heavy atom. The summed E-state index contributed by atoms with van der Waals surface area (Å²) >= 11 is 0. The van der Waals surface area contributed by atoms with Crippen molar-refractivity contribution in [1.82, 2.24) is 9.97 Å². The van der Waals surface area contributed by atoms with Gasteiger partial charge >= 0.3 is 0 Å². The summed E-state index contributed by atoms with van der Waals surface area (Å²) in [5.74, 6) is 0.578. The van der Waals surface area contributed by atoms with E-state index >= 15 is 0 Å². The Bertz CT molecular complexity index is 620. The van der Waals surface area contributed by atoms with Crippen LogP contribution in [0.25, 0.3) is 11.1 Å². The molecule has 1 atom stereocenters. The third-order valence-electron chi connectivity index (χ3n) is 3.38. The molecule has 0 saturated carbocycles. The SMILES string of the molecule is CC(C)C(/C(N)=N/O)c1ccc(-c2cnc(N)nc2)cc1. The van der Waals surface area contributed by atoms with Crippen LogP contribution in [-0.2, 0) is 0 Å². The van der Waals surface area contributed by atoms with Crippen LogP contribution in [0.3, 0.4) is 0 Å². The van der Waals surface area contributed by atoms with Gasteiger partial charge in [-0.05, 0) is 17.0 Å². The lowest BCUT2D eigenvalue weighted by atomic mass is 9.87. The average Bonchev–Trinajstić information content (AvgIpc) is 2.48. The standard InChI is InChI=1S/C15H19N5O/c1-9(2)13(14(16)20-21)11-5-3-10(4-6-11)12-7-18-15(17)19-8-12/h3-9,13,21H,1-2H3,(H2,16,20)(H2,17,18,19). The number of aromatic nitrogens is 2. The first-order valence-electron chi connectivity index (χ1n) is 6.68. The Hall–Kier alpha value is -2.63. The van der Waals surface area contributed by atoms with Crippen LogP contribution in [0.5, 0.6) is 0 Å². The maximum absolute atomic E-state index is 8.91. The molecule has 0 amide bonds. The quantitative estimate of drug-likeness (QED) is 0.345. The predicted octanol–water partition coefficient (Wildman–Crippen LogP) is 2.21. The summed E-state index contributed by atoms with van der Waals surface area (Å²) < 4.78 is 0. The number of anilines is 1. The topological polar surface area (TPSA) is 110 Å². The van der Waals surface area contributed by atoms with Gasteiger partial charge in [0.05, 0.1) is 0 Å². The van der Waals surface area contributed by atoms with E-state index in [1.807, 2.05) is 38.1 Å². The first-order valence-corrected chi connectivity index (χ1v) is 6.68. The Morgan fingerprint density at radius 1 is 1.10 bits per heavy atom. The van der Waals surface area contributed by atoms with Crippen LogP contribution < -0.4 is 11.5 Å². The van der Waals surface area contributed by atoms with Gasteiger partial charge in [0.15, 0.2) is 0 Å². The Kier molecular flexibility index (Phi) is 4.37. The zero-order valence-corrected chi connectivity index (χ0v) is 12.1. The zero-order chi connectivity index (χ0) is 15.4. The molecule has 1 aromatic heterocycles. The number of oxime groups is 1. The summed E-state index contributed by atoms with van der Waals surface area (Å²) in [4.78, 5) is 7.95. The van der Waals surface area contributed by atoms with Crippen molar-refractivity contribution in [2.75, 3.05) is 5.73 Å². The second-order valence-electron chi connectivity index (χ2n) is 5.20. The fraction of sp³-hybridized carbons (Fsp3) is 0.267. The lowest BCUT2D eigenvalue weighted by molar-refractivity contribution is 0.314. The number of nitrogens with two attached hydrogens (primary N) is 2. The van der Waals surface area contributed by atoms with Gasteiger partial charge in [-0.25, -0.2) is 9.97 Å². The number of benzene rings is 1. The number of nitrogens with zero attached hydrogens (tertiary/aromatic N) is 3. The van der Waals surface area contributed by atoms with Crippen LogP contribution in [0.2, 0.25) is 0 Å². The van der Waals surface area contributed by atoms with Gasteiger partial charge in [-0.15, -0.1) is 0 Å². The molecule has 0 aliphatic carbocycles. The molecule has 0 aliphatic rings. The van der Waals surface area contributed by atoms with Crippen molar-refractivity contribution in [3.63, 3.8) is 0 Å². The number of rotatable bonds is 4. The van der Waals surface area contributed by atoms with Gasteiger partial charge in [-0.3, -0.25) is 0 Å². The van der Waals surface area contributed by atoms with Crippen LogP contribution >= 0.6 is 0 Å². The monoisotopic (exact) mass is 285 g/mol. The Morgan fingerprint density at radius 2 is 1.67 bits per heavy atom. The summed E-state index contributed by atoms with van der Waals surface area (Å²) in [5, 5.41) is 12.0. The minimum atomic E-state index is -0.119. The molecule has 1 aromatic carbocycles. The molecule has 0 spiro atoms. The number of hydrogen-bond acceptors (Lipinski definition) is 5. The first kappa shape index (κ1) is 14.8. The van der Waals surface area contributed by atoms with Gasteiger partial charge in [-0.1, -0.05) is 43.3 Å². The third-order valence-corrected chi connectivity index (χ3v) is 3.38. The highest BCUT2D eigenvalue weighted by molar-refractivity contribution is 5.87. The Labute approximate surface area is 123 Å². The van der Waals surface area contributed by atoms with Crippen LogP contribution in [-0.4, -0.2) is 21.0 Å². The highest BCUT2D eigenvalue weighted by atomic mass is 16.4. The third kappa shape index (κ3) is 3.28. The van der Waals surface area contributed by atoms with E-state index in [0.717, 1.165) is 16.7 Å². The van der Waals surface area contributed by atoms with Crippen LogP contribution in [0.15, 0.2) is 41.8 Å². The van der Waals surface area contributed by atoms with Gasteiger partial charge in [0, 0.05) is 23.9 Å². The molecular formula is C15H19N5O. The summed E-state index contributed by atoms with van der Waals surface area (Å²) in [6.07, 6.45) is 3.36. The highest BCUT2D eigenvalue weighted by Gasteiger charge is 2.20. The summed E-state index contributed by atoms with van der Waals surface area (Å²) in [6.45, 7) is 4.06. The van der Waals surface area contributed by atoms with E-state index in [1.54, 1.807) is 12.4 Å². The minimum Gasteiger partial charge on any atom is -0.409 e. The van der Waals surface area contributed by atoms with E-state index in [4.69, 9.17) is 16.7 Å². The highest BCUT2D eigenvalue weighted by Crippen LogP contribution is 2.27. The molecule has 6 heteroatoms. The second kappa shape index (κ2) is 6.21. The summed E-state index contributed by atoms with van der Waals surface area (Å²) in [7, 11) is 0. The molecule has 0 aliphatic heterocycles. The lowest BCUT2D eigenvalue weighted by Crippen LogP contribution is -2.26. The fourth-order valence-corrected chi connectivity index (χ4v) is 2.33. The fourth-order valence-electron chi connectivity index (χ4n) is 2.33. The molecule has 0 bridgehead atoms. The molecular weight excluding hydrogens is 266 g/mol.